The normalized spacial score (nSPS) is 21.6. The van der Waals surface area contributed by atoms with E-state index in [0.717, 1.165) is 56.2 Å². The van der Waals surface area contributed by atoms with Gasteiger partial charge in [0.05, 0.1) is 50.3 Å². The third-order valence-corrected chi connectivity index (χ3v) is 9.54. The average molecular weight is 626 g/mol. The molecule has 7 nitrogen and oxygen atoms in total. The van der Waals surface area contributed by atoms with Crippen molar-refractivity contribution in [3.8, 4) is 0 Å². The molecule has 1 N–H and O–H groups in total. The first-order chi connectivity index (χ1) is 21.6. The van der Waals surface area contributed by atoms with Gasteiger partial charge in [0.1, 0.15) is 6.10 Å². The fraction of sp³-hybridized carbons (Fsp3) is 0.658. The summed E-state index contributed by atoms with van der Waals surface area (Å²) < 4.78 is 25.1. The van der Waals surface area contributed by atoms with Crippen LogP contribution in [0.5, 0.6) is 0 Å². The van der Waals surface area contributed by atoms with E-state index in [2.05, 4.69) is 57.0 Å². The molecule has 5 unspecified atom stereocenters. The van der Waals surface area contributed by atoms with Gasteiger partial charge in [0.15, 0.2) is 0 Å². The Balaban J connectivity index is 1.79. The minimum atomic E-state index is -1.01. The monoisotopic (exact) mass is 625 g/mol. The maximum atomic E-state index is 11.8. The zero-order chi connectivity index (χ0) is 32.7. The van der Waals surface area contributed by atoms with Crippen molar-refractivity contribution >= 4 is 5.97 Å². The fourth-order valence-electron chi connectivity index (χ4n) is 6.09. The molecule has 0 heterocycles. The van der Waals surface area contributed by atoms with Crippen LogP contribution in [0.4, 0.5) is 0 Å². The first-order valence-electron chi connectivity index (χ1n) is 17.1. The Bertz CT molecular complexity index is 1090. The zero-order valence-electron chi connectivity index (χ0n) is 28.7. The van der Waals surface area contributed by atoms with Crippen LogP contribution in [-0.4, -0.2) is 72.7 Å². The number of unbranched alkanes of at least 4 members (excludes halogenated alkanes) is 3. The highest BCUT2D eigenvalue weighted by Crippen LogP contribution is 2.39. The lowest BCUT2D eigenvalue weighted by Gasteiger charge is -2.42. The van der Waals surface area contributed by atoms with Crippen molar-refractivity contribution in [2.24, 2.45) is 5.41 Å². The number of likely N-dealkylation sites (N-methyl/N-ethyl adjacent to an activating group) is 1. The van der Waals surface area contributed by atoms with Crippen molar-refractivity contribution in [3.05, 3.63) is 71.8 Å². The minimum Gasteiger partial charge on any atom is -0.466 e. The fourth-order valence-corrected chi connectivity index (χ4v) is 6.09. The molecule has 0 amide bonds. The van der Waals surface area contributed by atoms with Crippen molar-refractivity contribution in [2.45, 2.75) is 129 Å². The molecule has 0 bridgehead atoms. The number of aliphatic hydroxyl groups is 1. The Morgan fingerprint density at radius 3 is 2.02 bits per heavy atom. The van der Waals surface area contributed by atoms with Crippen molar-refractivity contribution in [1.82, 2.24) is 4.90 Å². The Hall–Kier alpha value is -2.29. The molecule has 1 saturated carbocycles. The van der Waals surface area contributed by atoms with E-state index in [1.54, 1.807) is 0 Å². The molecular formula is C38H59NO6. The summed E-state index contributed by atoms with van der Waals surface area (Å²) >= 11 is 0. The Kier molecular flexibility index (Phi) is 15.5. The predicted molar refractivity (Wildman–Crippen MR) is 180 cm³/mol. The molecule has 0 aliphatic heterocycles. The Morgan fingerprint density at radius 1 is 0.844 bits per heavy atom. The lowest BCUT2D eigenvalue weighted by Crippen LogP contribution is -2.52. The maximum absolute atomic E-state index is 11.8. The third kappa shape index (κ3) is 11.8. The topological polar surface area (TPSA) is 77.5 Å². The summed E-state index contributed by atoms with van der Waals surface area (Å²) in [5, 5.41) is 11.7. The van der Waals surface area contributed by atoms with Crippen molar-refractivity contribution in [1.29, 1.82) is 0 Å². The highest BCUT2D eigenvalue weighted by Gasteiger charge is 2.49. The van der Waals surface area contributed by atoms with Gasteiger partial charge in [-0.3, -0.25) is 9.69 Å². The predicted octanol–water partition coefficient (Wildman–Crippen LogP) is 7.34. The van der Waals surface area contributed by atoms with Gasteiger partial charge in [0, 0.05) is 12.8 Å². The quantitative estimate of drug-likeness (QED) is 0.115. The van der Waals surface area contributed by atoms with Gasteiger partial charge in [0.25, 0.3) is 0 Å². The second kappa shape index (κ2) is 18.8. The number of carbonyl (C=O) groups is 1. The van der Waals surface area contributed by atoms with E-state index in [0.29, 0.717) is 32.7 Å². The molecule has 2 aromatic carbocycles. The van der Waals surface area contributed by atoms with Gasteiger partial charge in [-0.05, 0) is 63.2 Å². The van der Waals surface area contributed by atoms with Crippen LogP contribution in [0.2, 0.25) is 0 Å². The maximum Gasteiger partial charge on any atom is 0.305 e. The number of esters is 1. The molecule has 2 aromatic rings. The molecule has 0 spiro atoms. The molecule has 252 valence electrons. The SMILES string of the molecule is CCCCC(C)(C)C(C)(O)COC1C(OCc2ccccc2)CC(OCc2ccccc2)C1N(C)CCCCCC(=O)OCC. The van der Waals surface area contributed by atoms with Gasteiger partial charge in [-0.2, -0.15) is 0 Å². The number of nitrogens with zero attached hydrogens (tertiary/aromatic N) is 1. The van der Waals surface area contributed by atoms with E-state index in [4.69, 9.17) is 18.9 Å². The van der Waals surface area contributed by atoms with Gasteiger partial charge in [-0.1, -0.05) is 101 Å². The van der Waals surface area contributed by atoms with Crippen molar-refractivity contribution in [3.63, 3.8) is 0 Å². The summed E-state index contributed by atoms with van der Waals surface area (Å²) in [6.07, 6.45) is 6.32. The van der Waals surface area contributed by atoms with Gasteiger partial charge >= 0.3 is 5.97 Å². The molecule has 0 saturated heterocycles. The second-order valence-electron chi connectivity index (χ2n) is 13.5. The number of benzene rings is 2. The van der Waals surface area contributed by atoms with Gasteiger partial charge in [-0.25, -0.2) is 0 Å². The van der Waals surface area contributed by atoms with Crippen LogP contribution in [0.25, 0.3) is 0 Å². The number of carbonyl (C=O) groups excluding carboxylic acids is 1. The van der Waals surface area contributed by atoms with Crippen LogP contribution >= 0.6 is 0 Å². The molecular weight excluding hydrogens is 566 g/mol. The van der Waals surface area contributed by atoms with E-state index in [-0.39, 0.29) is 42.3 Å². The van der Waals surface area contributed by atoms with E-state index < -0.39 is 5.60 Å². The van der Waals surface area contributed by atoms with Crippen LogP contribution in [0.15, 0.2) is 60.7 Å². The standard InChI is InChI=1S/C38H59NO6/c1-7-9-24-37(3,4)38(5,41)29-45-36-33(44-28-31-21-15-11-16-22-31)26-32(43-27-30-19-13-10-14-20-30)35(36)39(6)25-18-12-17-23-34(40)42-8-2/h10-11,13-16,19-22,32-33,35-36,41H,7-9,12,17-18,23-29H2,1-6H3. The summed E-state index contributed by atoms with van der Waals surface area (Å²) in [6.45, 7) is 12.7. The van der Waals surface area contributed by atoms with Crippen LogP contribution in [-0.2, 0) is 37.0 Å². The average Bonchev–Trinajstić information content (AvgIpc) is 3.39. The van der Waals surface area contributed by atoms with Gasteiger partial charge in [0.2, 0.25) is 0 Å². The van der Waals surface area contributed by atoms with E-state index in [9.17, 15) is 9.90 Å². The molecule has 1 aliphatic rings. The molecule has 1 fully saturated rings. The lowest BCUT2D eigenvalue weighted by atomic mass is 9.73. The molecule has 3 rings (SSSR count). The van der Waals surface area contributed by atoms with Gasteiger partial charge in [-0.15, -0.1) is 0 Å². The van der Waals surface area contributed by atoms with Gasteiger partial charge < -0.3 is 24.1 Å². The Labute approximate surface area is 272 Å². The highest BCUT2D eigenvalue weighted by atomic mass is 16.6. The Morgan fingerprint density at radius 2 is 1.44 bits per heavy atom. The van der Waals surface area contributed by atoms with Crippen LogP contribution < -0.4 is 0 Å². The summed E-state index contributed by atoms with van der Waals surface area (Å²) in [5.74, 6) is -0.128. The number of hydrogen-bond acceptors (Lipinski definition) is 7. The van der Waals surface area contributed by atoms with Crippen molar-refractivity contribution < 1.29 is 28.8 Å². The van der Waals surface area contributed by atoms with E-state index >= 15 is 0 Å². The number of ether oxygens (including phenoxy) is 4. The van der Waals surface area contributed by atoms with Crippen LogP contribution in [0, 0.1) is 5.41 Å². The molecule has 1 aliphatic carbocycles. The summed E-state index contributed by atoms with van der Waals surface area (Å²) in [7, 11) is 2.13. The number of hydrogen-bond donors (Lipinski definition) is 1. The summed E-state index contributed by atoms with van der Waals surface area (Å²) in [4.78, 5) is 14.1. The largest absolute Gasteiger partial charge is 0.466 e. The number of rotatable bonds is 21. The molecule has 5 atom stereocenters. The smallest absolute Gasteiger partial charge is 0.305 e. The molecule has 7 heteroatoms. The first kappa shape index (κ1) is 37.2. The van der Waals surface area contributed by atoms with Crippen LogP contribution in [0.1, 0.15) is 97.1 Å². The third-order valence-electron chi connectivity index (χ3n) is 9.54. The lowest BCUT2D eigenvalue weighted by molar-refractivity contribution is -0.158. The second-order valence-corrected chi connectivity index (χ2v) is 13.5. The zero-order valence-corrected chi connectivity index (χ0v) is 28.7. The van der Waals surface area contributed by atoms with Crippen molar-refractivity contribution in [2.75, 3.05) is 26.8 Å². The van der Waals surface area contributed by atoms with E-state index in [1.807, 2.05) is 50.2 Å². The molecule has 0 aromatic heterocycles. The summed E-state index contributed by atoms with van der Waals surface area (Å²) in [5.41, 5.74) is 0.936. The molecule has 0 radical (unpaired) electrons. The first-order valence-corrected chi connectivity index (χ1v) is 17.1. The highest BCUT2D eigenvalue weighted by molar-refractivity contribution is 5.69. The van der Waals surface area contributed by atoms with E-state index in [1.165, 1.54) is 0 Å². The minimum absolute atomic E-state index is 0.0610. The molecule has 45 heavy (non-hydrogen) atoms. The van der Waals surface area contributed by atoms with Crippen LogP contribution in [0.3, 0.4) is 0 Å². The summed E-state index contributed by atoms with van der Waals surface area (Å²) in [6, 6.07) is 20.4.